The quantitative estimate of drug-likeness (QED) is 0.903. The van der Waals surface area contributed by atoms with Crippen molar-refractivity contribution in [3.05, 3.63) is 64.5 Å². The molecule has 0 saturated carbocycles. The second-order valence-electron chi connectivity index (χ2n) is 5.17. The lowest BCUT2D eigenvalue weighted by atomic mass is 9.95. The molecule has 0 fully saturated rings. The van der Waals surface area contributed by atoms with Gasteiger partial charge < -0.3 is 5.32 Å². The standard InChI is InChI=1S/C17H22N2/c1-12-7-8-15(14(3)10-12)17(18-4)11-16-13(2)6-5-9-19-16/h5-10,17-18H,11H2,1-4H3. The number of pyridine rings is 1. The molecule has 2 nitrogen and oxygen atoms in total. The van der Waals surface area contributed by atoms with Crippen molar-refractivity contribution in [2.24, 2.45) is 0 Å². The molecule has 1 heterocycles. The van der Waals surface area contributed by atoms with Crippen LogP contribution in [0.2, 0.25) is 0 Å². The maximum absolute atomic E-state index is 4.50. The number of nitrogens with zero attached hydrogens (tertiary/aromatic N) is 1. The average Bonchev–Trinajstić information content (AvgIpc) is 2.39. The molecule has 1 unspecified atom stereocenters. The molecule has 0 radical (unpaired) electrons. The van der Waals surface area contributed by atoms with Gasteiger partial charge in [-0.3, -0.25) is 4.98 Å². The number of likely N-dealkylation sites (N-methyl/N-ethyl adjacent to an activating group) is 1. The number of benzene rings is 1. The van der Waals surface area contributed by atoms with Crippen LogP contribution in [0.15, 0.2) is 36.5 Å². The van der Waals surface area contributed by atoms with E-state index >= 15 is 0 Å². The van der Waals surface area contributed by atoms with Crippen LogP contribution in [0.5, 0.6) is 0 Å². The average molecular weight is 254 g/mol. The van der Waals surface area contributed by atoms with Crippen LogP contribution in [0, 0.1) is 20.8 Å². The zero-order valence-corrected chi connectivity index (χ0v) is 12.2. The van der Waals surface area contributed by atoms with Gasteiger partial charge in [0.15, 0.2) is 0 Å². The fourth-order valence-corrected chi connectivity index (χ4v) is 2.51. The van der Waals surface area contributed by atoms with Gasteiger partial charge in [-0.05, 0) is 50.6 Å². The summed E-state index contributed by atoms with van der Waals surface area (Å²) in [6, 6.07) is 11.1. The van der Waals surface area contributed by atoms with E-state index in [1.807, 2.05) is 19.3 Å². The van der Waals surface area contributed by atoms with Gasteiger partial charge in [0, 0.05) is 24.4 Å². The number of rotatable bonds is 4. The first kappa shape index (κ1) is 13.8. The third-order valence-electron chi connectivity index (χ3n) is 3.66. The molecule has 0 aliphatic rings. The van der Waals surface area contributed by atoms with Crippen LogP contribution in [-0.4, -0.2) is 12.0 Å². The highest BCUT2D eigenvalue weighted by atomic mass is 14.9. The van der Waals surface area contributed by atoms with Crippen LogP contribution in [0.1, 0.15) is 34.0 Å². The maximum atomic E-state index is 4.50. The van der Waals surface area contributed by atoms with Crippen LogP contribution in [0.3, 0.4) is 0 Å². The van der Waals surface area contributed by atoms with Crippen LogP contribution < -0.4 is 5.32 Å². The molecule has 19 heavy (non-hydrogen) atoms. The highest BCUT2D eigenvalue weighted by molar-refractivity contribution is 5.34. The molecular formula is C17H22N2. The second kappa shape index (κ2) is 5.98. The van der Waals surface area contributed by atoms with Gasteiger partial charge in [0.25, 0.3) is 0 Å². The van der Waals surface area contributed by atoms with Crippen molar-refractivity contribution in [3.63, 3.8) is 0 Å². The molecule has 0 amide bonds. The number of hydrogen-bond acceptors (Lipinski definition) is 2. The fourth-order valence-electron chi connectivity index (χ4n) is 2.51. The van der Waals surface area contributed by atoms with Crippen molar-refractivity contribution >= 4 is 0 Å². The Bertz CT molecular complexity index is 561. The highest BCUT2D eigenvalue weighted by Gasteiger charge is 2.14. The van der Waals surface area contributed by atoms with E-state index in [2.05, 4.69) is 55.3 Å². The Labute approximate surface area is 115 Å². The topological polar surface area (TPSA) is 24.9 Å². The first-order valence-electron chi connectivity index (χ1n) is 6.76. The highest BCUT2D eigenvalue weighted by Crippen LogP contribution is 2.22. The monoisotopic (exact) mass is 254 g/mol. The van der Waals surface area contributed by atoms with Crippen molar-refractivity contribution in [3.8, 4) is 0 Å². The number of aromatic nitrogens is 1. The van der Waals surface area contributed by atoms with Gasteiger partial charge in [0.1, 0.15) is 0 Å². The Morgan fingerprint density at radius 2 is 1.89 bits per heavy atom. The van der Waals surface area contributed by atoms with Crippen LogP contribution in [0.25, 0.3) is 0 Å². The van der Waals surface area contributed by atoms with Gasteiger partial charge in [0.2, 0.25) is 0 Å². The van der Waals surface area contributed by atoms with E-state index in [-0.39, 0.29) is 0 Å². The summed E-state index contributed by atoms with van der Waals surface area (Å²) in [6.07, 6.45) is 2.80. The first-order valence-corrected chi connectivity index (χ1v) is 6.76. The third kappa shape index (κ3) is 3.21. The van der Waals surface area contributed by atoms with Gasteiger partial charge in [-0.2, -0.15) is 0 Å². The molecule has 1 aromatic heterocycles. The first-order chi connectivity index (χ1) is 9.11. The molecular weight excluding hydrogens is 232 g/mol. The van der Waals surface area contributed by atoms with E-state index in [0.717, 1.165) is 6.42 Å². The third-order valence-corrected chi connectivity index (χ3v) is 3.66. The summed E-state index contributed by atoms with van der Waals surface area (Å²) in [5.74, 6) is 0. The Morgan fingerprint density at radius 3 is 2.53 bits per heavy atom. The molecule has 2 aromatic rings. The predicted octanol–water partition coefficient (Wildman–Crippen LogP) is 3.51. The number of aryl methyl sites for hydroxylation is 3. The molecule has 2 heteroatoms. The van der Waals surface area contributed by atoms with Gasteiger partial charge in [-0.1, -0.05) is 29.8 Å². The molecule has 100 valence electrons. The number of hydrogen-bond donors (Lipinski definition) is 1. The Kier molecular flexibility index (Phi) is 4.33. The Morgan fingerprint density at radius 1 is 1.11 bits per heavy atom. The Balaban J connectivity index is 2.28. The summed E-state index contributed by atoms with van der Waals surface area (Å²) >= 11 is 0. The van der Waals surface area contributed by atoms with Crippen molar-refractivity contribution < 1.29 is 0 Å². The van der Waals surface area contributed by atoms with Gasteiger partial charge >= 0.3 is 0 Å². The second-order valence-corrected chi connectivity index (χ2v) is 5.17. The molecule has 0 aliphatic heterocycles. The normalized spacial score (nSPS) is 12.4. The zero-order chi connectivity index (χ0) is 13.8. The summed E-state index contributed by atoms with van der Waals surface area (Å²) in [4.78, 5) is 4.50. The van der Waals surface area contributed by atoms with Gasteiger partial charge in [-0.25, -0.2) is 0 Å². The van der Waals surface area contributed by atoms with E-state index < -0.39 is 0 Å². The predicted molar refractivity (Wildman–Crippen MR) is 80.4 cm³/mol. The van der Waals surface area contributed by atoms with Crippen molar-refractivity contribution in [2.45, 2.75) is 33.2 Å². The van der Waals surface area contributed by atoms with E-state index in [9.17, 15) is 0 Å². The maximum Gasteiger partial charge on any atom is 0.0451 e. The zero-order valence-electron chi connectivity index (χ0n) is 12.2. The van der Waals surface area contributed by atoms with Crippen molar-refractivity contribution in [2.75, 3.05) is 7.05 Å². The lowest BCUT2D eigenvalue weighted by molar-refractivity contribution is 0.579. The van der Waals surface area contributed by atoms with Gasteiger partial charge in [0.05, 0.1) is 0 Å². The van der Waals surface area contributed by atoms with Crippen molar-refractivity contribution in [1.29, 1.82) is 0 Å². The molecule has 0 aliphatic carbocycles. The minimum atomic E-state index is 0.314. The lowest BCUT2D eigenvalue weighted by Gasteiger charge is -2.19. The largest absolute Gasteiger partial charge is 0.313 e. The van der Waals surface area contributed by atoms with Crippen LogP contribution in [0.4, 0.5) is 0 Å². The number of nitrogens with one attached hydrogen (secondary N) is 1. The molecule has 2 rings (SSSR count). The summed E-state index contributed by atoms with van der Waals surface area (Å²) in [6.45, 7) is 6.43. The van der Waals surface area contributed by atoms with E-state index in [0.29, 0.717) is 6.04 Å². The molecule has 1 atom stereocenters. The molecule has 1 N–H and O–H groups in total. The summed E-state index contributed by atoms with van der Waals surface area (Å²) < 4.78 is 0. The van der Waals surface area contributed by atoms with Crippen LogP contribution >= 0.6 is 0 Å². The summed E-state index contributed by atoms with van der Waals surface area (Å²) in [5, 5.41) is 3.41. The summed E-state index contributed by atoms with van der Waals surface area (Å²) in [7, 11) is 2.02. The van der Waals surface area contributed by atoms with Crippen molar-refractivity contribution in [1.82, 2.24) is 10.3 Å². The van der Waals surface area contributed by atoms with E-state index in [4.69, 9.17) is 0 Å². The SMILES string of the molecule is CNC(Cc1ncccc1C)c1ccc(C)cc1C. The molecule has 0 saturated heterocycles. The van der Waals surface area contributed by atoms with Crippen LogP contribution in [-0.2, 0) is 6.42 Å². The van der Waals surface area contributed by atoms with E-state index in [1.54, 1.807) is 0 Å². The van der Waals surface area contributed by atoms with Gasteiger partial charge in [-0.15, -0.1) is 0 Å². The molecule has 1 aromatic carbocycles. The lowest BCUT2D eigenvalue weighted by Crippen LogP contribution is -2.20. The van der Waals surface area contributed by atoms with E-state index in [1.165, 1.54) is 27.9 Å². The fraction of sp³-hybridized carbons (Fsp3) is 0.353. The minimum absolute atomic E-state index is 0.314. The minimum Gasteiger partial charge on any atom is -0.313 e. The molecule has 0 spiro atoms. The smallest absolute Gasteiger partial charge is 0.0451 e. The molecule has 0 bridgehead atoms. The Hall–Kier alpha value is -1.67. The summed E-state index contributed by atoms with van der Waals surface area (Å²) in [5.41, 5.74) is 6.44.